The molecule has 1 rings (SSSR count). The summed E-state index contributed by atoms with van der Waals surface area (Å²) >= 11 is 0. The fourth-order valence-electron chi connectivity index (χ4n) is 0.978. The van der Waals surface area contributed by atoms with Crippen molar-refractivity contribution >= 4 is 11.8 Å². The quantitative estimate of drug-likeness (QED) is 0.484. The predicted octanol–water partition coefficient (Wildman–Crippen LogP) is 3.02. The van der Waals surface area contributed by atoms with Gasteiger partial charge in [-0.1, -0.05) is 0 Å². The number of esters is 1. The minimum atomic E-state index is -1.16. The predicted molar refractivity (Wildman–Crippen MR) is 62.8 cm³/mol. The van der Waals surface area contributed by atoms with E-state index in [2.05, 4.69) is 0 Å². The van der Waals surface area contributed by atoms with Crippen LogP contribution in [-0.2, 0) is 14.3 Å². The fourth-order valence-corrected chi connectivity index (χ4v) is 0.978. The Morgan fingerprint density at radius 1 is 1.16 bits per heavy atom. The normalized spacial score (nSPS) is 9.63. The SMILES string of the molecule is CC(=O)CC(=O)OC(C)C.Fc1ccc(F)c(F)c1. The zero-order valence-corrected chi connectivity index (χ0v) is 10.9. The maximum absolute atomic E-state index is 12.0. The van der Waals surface area contributed by atoms with E-state index in [0.717, 1.165) is 12.1 Å². The van der Waals surface area contributed by atoms with E-state index in [9.17, 15) is 22.8 Å². The Morgan fingerprint density at radius 3 is 2.11 bits per heavy atom. The Hall–Kier alpha value is -1.85. The molecule has 3 nitrogen and oxygen atoms in total. The largest absolute Gasteiger partial charge is 0.463 e. The van der Waals surface area contributed by atoms with E-state index in [0.29, 0.717) is 6.07 Å². The Labute approximate surface area is 109 Å². The molecule has 0 spiro atoms. The molecule has 0 saturated carbocycles. The van der Waals surface area contributed by atoms with Gasteiger partial charge in [0.2, 0.25) is 0 Å². The van der Waals surface area contributed by atoms with E-state index < -0.39 is 23.4 Å². The molecule has 0 radical (unpaired) electrons. The average molecular weight is 276 g/mol. The van der Waals surface area contributed by atoms with Crippen LogP contribution in [0.15, 0.2) is 18.2 Å². The number of hydrogen-bond donors (Lipinski definition) is 0. The highest BCUT2D eigenvalue weighted by Crippen LogP contribution is 2.05. The third kappa shape index (κ3) is 8.82. The van der Waals surface area contributed by atoms with Crippen molar-refractivity contribution in [2.24, 2.45) is 0 Å². The van der Waals surface area contributed by atoms with Crippen molar-refractivity contribution in [1.29, 1.82) is 0 Å². The highest BCUT2D eigenvalue weighted by atomic mass is 19.2. The molecule has 0 amide bonds. The molecule has 106 valence electrons. The molecular formula is C13H15F3O3. The molecular weight excluding hydrogens is 261 g/mol. The van der Waals surface area contributed by atoms with E-state index in [1.54, 1.807) is 13.8 Å². The van der Waals surface area contributed by atoms with Crippen molar-refractivity contribution in [2.45, 2.75) is 33.3 Å². The van der Waals surface area contributed by atoms with Crippen molar-refractivity contribution in [3.05, 3.63) is 35.7 Å². The molecule has 6 heteroatoms. The number of hydrogen-bond acceptors (Lipinski definition) is 3. The standard InChI is InChI=1S/C7H12O3.C6H3F3/c1-5(2)10-7(9)4-6(3)8;7-4-1-2-5(8)6(9)3-4/h5H,4H2,1-3H3;1-3H. The Bertz CT molecular complexity index is 445. The lowest BCUT2D eigenvalue weighted by atomic mass is 10.3. The summed E-state index contributed by atoms with van der Waals surface area (Å²) in [5.74, 6) is -3.56. The van der Waals surface area contributed by atoms with Crippen LogP contribution >= 0.6 is 0 Å². The highest BCUT2D eigenvalue weighted by Gasteiger charge is 2.07. The van der Waals surface area contributed by atoms with E-state index >= 15 is 0 Å². The van der Waals surface area contributed by atoms with E-state index in [4.69, 9.17) is 4.74 Å². The molecule has 0 fully saturated rings. The summed E-state index contributed by atoms with van der Waals surface area (Å²) in [7, 11) is 0. The van der Waals surface area contributed by atoms with Crippen LogP contribution in [0.5, 0.6) is 0 Å². The number of rotatable bonds is 3. The molecule has 0 N–H and O–H groups in total. The van der Waals surface area contributed by atoms with Crippen LogP contribution in [0.2, 0.25) is 0 Å². The van der Waals surface area contributed by atoms with Crippen molar-refractivity contribution in [2.75, 3.05) is 0 Å². The summed E-state index contributed by atoms with van der Waals surface area (Å²) in [5.41, 5.74) is 0. The molecule has 0 aliphatic rings. The highest BCUT2D eigenvalue weighted by molar-refractivity contribution is 5.94. The molecule has 0 heterocycles. The monoisotopic (exact) mass is 276 g/mol. The molecule has 19 heavy (non-hydrogen) atoms. The number of benzene rings is 1. The molecule has 1 aromatic carbocycles. The first-order chi connectivity index (χ1) is 8.72. The summed E-state index contributed by atoms with van der Waals surface area (Å²) in [5, 5.41) is 0. The third-order valence-electron chi connectivity index (χ3n) is 1.64. The number of carbonyl (C=O) groups excluding carboxylic acids is 2. The third-order valence-corrected chi connectivity index (χ3v) is 1.64. The van der Waals surface area contributed by atoms with E-state index in [-0.39, 0.29) is 18.3 Å². The van der Waals surface area contributed by atoms with Crippen LogP contribution in [0.25, 0.3) is 0 Å². The molecule has 0 bridgehead atoms. The van der Waals surface area contributed by atoms with Gasteiger partial charge < -0.3 is 4.74 Å². The molecule has 0 aromatic heterocycles. The Morgan fingerprint density at radius 2 is 1.74 bits per heavy atom. The van der Waals surface area contributed by atoms with Crippen LogP contribution < -0.4 is 0 Å². The second-order valence-corrected chi connectivity index (χ2v) is 3.98. The van der Waals surface area contributed by atoms with Gasteiger partial charge in [-0.2, -0.15) is 0 Å². The van der Waals surface area contributed by atoms with Crippen molar-refractivity contribution in [1.82, 2.24) is 0 Å². The summed E-state index contributed by atoms with van der Waals surface area (Å²) in [6.45, 7) is 4.86. The zero-order valence-electron chi connectivity index (χ0n) is 10.9. The Kier molecular flexibility index (Phi) is 7.48. The summed E-state index contributed by atoms with van der Waals surface area (Å²) in [6, 6.07) is 2.10. The second kappa shape index (κ2) is 8.29. The molecule has 0 unspecified atom stereocenters. The van der Waals surface area contributed by atoms with Crippen LogP contribution in [0.1, 0.15) is 27.2 Å². The lowest BCUT2D eigenvalue weighted by Crippen LogP contribution is -2.13. The first-order valence-electron chi connectivity index (χ1n) is 5.51. The second-order valence-electron chi connectivity index (χ2n) is 3.98. The lowest BCUT2D eigenvalue weighted by molar-refractivity contribution is -0.149. The van der Waals surface area contributed by atoms with Crippen LogP contribution in [0.4, 0.5) is 13.2 Å². The number of halogens is 3. The minimum Gasteiger partial charge on any atom is -0.463 e. The molecule has 0 atom stereocenters. The fraction of sp³-hybridized carbons (Fsp3) is 0.385. The van der Waals surface area contributed by atoms with Gasteiger partial charge in [-0.25, -0.2) is 13.2 Å². The van der Waals surface area contributed by atoms with Crippen LogP contribution in [0, 0.1) is 17.5 Å². The summed E-state index contributed by atoms with van der Waals surface area (Å²) in [6.07, 6.45) is -0.245. The van der Waals surface area contributed by atoms with Gasteiger partial charge in [0.25, 0.3) is 0 Å². The summed E-state index contributed by atoms with van der Waals surface area (Å²) < 4.78 is 40.6. The zero-order chi connectivity index (χ0) is 15.0. The first-order valence-corrected chi connectivity index (χ1v) is 5.51. The van der Waals surface area contributed by atoms with Gasteiger partial charge >= 0.3 is 5.97 Å². The van der Waals surface area contributed by atoms with Crippen molar-refractivity contribution < 1.29 is 27.5 Å². The minimum absolute atomic E-state index is 0.113. The maximum Gasteiger partial charge on any atom is 0.313 e. The van der Waals surface area contributed by atoms with Crippen molar-refractivity contribution in [3.63, 3.8) is 0 Å². The number of ether oxygens (including phenoxy) is 1. The maximum atomic E-state index is 12.0. The molecule has 1 aromatic rings. The van der Waals surface area contributed by atoms with E-state index in [1.165, 1.54) is 6.92 Å². The van der Waals surface area contributed by atoms with Gasteiger partial charge in [0.05, 0.1) is 6.10 Å². The van der Waals surface area contributed by atoms with Crippen molar-refractivity contribution in [3.8, 4) is 0 Å². The van der Waals surface area contributed by atoms with Gasteiger partial charge in [0.15, 0.2) is 11.6 Å². The summed E-state index contributed by atoms with van der Waals surface area (Å²) in [4.78, 5) is 21.0. The first kappa shape index (κ1) is 17.2. The molecule has 0 aliphatic carbocycles. The number of ketones is 1. The average Bonchev–Trinajstić information content (AvgIpc) is 2.22. The van der Waals surface area contributed by atoms with Gasteiger partial charge in [-0.3, -0.25) is 9.59 Å². The lowest BCUT2D eigenvalue weighted by Gasteiger charge is -2.05. The number of carbonyl (C=O) groups is 2. The Balaban J connectivity index is 0.000000342. The number of Topliss-reactive ketones (excluding diaryl/α,β-unsaturated/α-hetero) is 1. The van der Waals surface area contributed by atoms with Gasteiger partial charge in [-0.05, 0) is 32.9 Å². The smallest absolute Gasteiger partial charge is 0.313 e. The van der Waals surface area contributed by atoms with E-state index in [1.807, 2.05) is 0 Å². The van der Waals surface area contributed by atoms with Gasteiger partial charge in [0, 0.05) is 6.07 Å². The van der Waals surface area contributed by atoms with Gasteiger partial charge in [-0.15, -0.1) is 0 Å². The molecule has 0 aliphatic heterocycles. The van der Waals surface area contributed by atoms with Gasteiger partial charge in [0.1, 0.15) is 18.0 Å². The molecule has 0 saturated heterocycles. The van der Waals surface area contributed by atoms with Crippen LogP contribution in [-0.4, -0.2) is 17.9 Å². The van der Waals surface area contributed by atoms with Crippen LogP contribution in [0.3, 0.4) is 0 Å². The topological polar surface area (TPSA) is 43.4 Å².